The summed E-state index contributed by atoms with van der Waals surface area (Å²) < 4.78 is 6.33. The lowest BCUT2D eigenvalue weighted by Gasteiger charge is -2.44. The fraction of sp³-hybridized carbons (Fsp3) is 0.333. The first kappa shape index (κ1) is 31.5. The zero-order chi connectivity index (χ0) is 32.0. The van der Waals surface area contributed by atoms with Gasteiger partial charge in [0, 0.05) is 23.8 Å². The molecule has 7 heteroatoms. The van der Waals surface area contributed by atoms with E-state index in [9.17, 15) is 0 Å². The van der Waals surface area contributed by atoms with Crippen LogP contribution in [0.2, 0.25) is 0 Å². The maximum Gasteiger partial charge on any atom is 0.344 e. The van der Waals surface area contributed by atoms with E-state index in [-0.39, 0.29) is 11.8 Å². The van der Waals surface area contributed by atoms with Crippen LogP contribution in [-0.2, 0) is 25.4 Å². The van der Waals surface area contributed by atoms with Crippen molar-refractivity contribution in [3.05, 3.63) is 132 Å². The second-order valence-electron chi connectivity index (χ2n) is 12.8. The number of ether oxygens (including phenoxy) is 1. The van der Waals surface area contributed by atoms with Crippen LogP contribution >= 0.6 is 0 Å². The maximum atomic E-state index is 15.1. The number of carbonyl (C=O) groups is 2. The highest BCUT2D eigenvalue weighted by Gasteiger charge is 2.55. The Bertz CT molecular complexity index is 1580. The first-order valence-electron chi connectivity index (χ1n) is 16.3. The summed E-state index contributed by atoms with van der Waals surface area (Å²) in [5.74, 6) is -1.42. The van der Waals surface area contributed by atoms with Crippen molar-refractivity contribution < 1.29 is 14.3 Å². The van der Waals surface area contributed by atoms with E-state index in [1.165, 1.54) is 0 Å². The Morgan fingerprint density at radius 3 is 1.35 bits per heavy atom. The molecule has 6 rings (SSSR count). The number of esters is 2. The number of likely N-dealkylation sites (tertiary alicyclic amines) is 2. The molecular weight excluding hydrogens is 572 g/mol. The average molecular weight is 617 g/mol. The quantitative estimate of drug-likeness (QED) is 0.159. The Balaban J connectivity index is 1.47. The van der Waals surface area contributed by atoms with Crippen molar-refractivity contribution in [3.63, 3.8) is 0 Å². The second kappa shape index (κ2) is 13.9. The molecule has 3 atom stereocenters. The van der Waals surface area contributed by atoms with Crippen molar-refractivity contribution >= 4 is 23.3 Å². The van der Waals surface area contributed by atoms with Gasteiger partial charge in [0.1, 0.15) is 0 Å². The minimum Gasteiger partial charge on any atom is -0.389 e. The summed E-state index contributed by atoms with van der Waals surface area (Å²) in [5.41, 5.74) is 0.554. The molecule has 0 spiro atoms. The zero-order valence-corrected chi connectivity index (χ0v) is 26.8. The second-order valence-corrected chi connectivity index (χ2v) is 12.8. The van der Waals surface area contributed by atoms with Crippen molar-refractivity contribution in [2.45, 2.75) is 30.3 Å². The minimum absolute atomic E-state index is 0.113. The molecule has 0 radical (unpaired) electrons. The maximum absolute atomic E-state index is 15.1. The summed E-state index contributed by atoms with van der Waals surface area (Å²) in [6.45, 7) is 3.21. The van der Waals surface area contributed by atoms with Crippen molar-refractivity contribution in [3.8, 4) is 0 Å². The molecule has 2 fully saturated rings. The van der Waals surface area contributed by atoms with Crippen LogP contribution in [0.15, 0.2) is 121 Å². The predicted molar refractivity (Wildman–Crippen MR) is 183 cm³/mol. The van der Waals surface area contributed by atoms with E-state index in [0.717, 1.165) is 61.4 Å². The molecule has 46 heavy (non-hydrogen) atoms. The van der Waals surface area contributed by atoms with Crippen LogP contribution < -0.4 is 10.6 Å². The molecule has 0 aliphatic carbocycles. The van der Waals surface area contributed by atoms with Gasteiger partial charge in [0.15, 0.2) is 11.1 Å². The van der Waals surface area contributed by atoms with E-state index in [0.29, 0.717) is 6.54 Å². The molecule has 2 heterocycles. The Morgan fingerprint density at radius 1 is 0.565 bits per heavy atom. The number of benzene rings is 4. The summed E-state index contributed by atoms with van der Waals surface area (Å²) >= 11 is 0. The summed E-state index contributed by atoms with van der Waals surface area (Å²) in [5, 5.41) is 7.26. The van der Waals surface area contributed by atoms with E-state index >= 15 is 9.59 Å². The van der Waals surface area contributed by atoms with Gasteiger partial charge in [-0.1, -0.05) is 97.1 Å². The number of para-hydroxylation sites is 2. The average Bonchev–Trinajstić information content (AvgIpc) is 3.54. The number of carbonyl (C=O) groups excluding carboxylic acids is 2. The summed E-state index contributed by atoms with van der Waals surface area (Å²) in [6.07, 6.45) is 2.32. The minimum atomic E-state index is -1.30. The first-order chi connectivity index (χ1) is 22.4. The fourth-order valence-electron chi connectivity index (χ4n) is 7.37. The van der Waals surface area contributed by atoms with Gasteiger partial charge in [-0.05, 0) is 94.3 Å². The molecule has 238 valence electrons. The first-order valence-corrected chi connectivity index (χ1v) is 16.3. The van der Waals surface area contributed by atoms with Crippen LogP contribution in [0.4, 0.5) is 11.4 Å². The smallest absolute Gasteiger partial charge is 0.344 e. The third kappa shape index (κ3) is 6.30. The van der Waals surface area contributed by atoms with Gasteiger partial charge >= 0.3 is 11.9 Å². The van der Waals surface area contributed by atoms with Crippen molar-refractivity contribution in [2.24, 2.45) is 11.8 Å². The standard InChI is InChI=1S/C39H44N4O3/c1-42-26-23-32(24-27-42)38(30-15-7-3-8-16-30,40-34-19-11-5-12-20-34)36(44)46-37(45)39(31-17-9-4-10-18-31,33-25-28-43(2)29-33)41-35-21-13-6-14-22-35/h3-22,32-33,40-41H,23-29H2,1-2H3. The molecule has 0 bridgehead atoms. The van der Waals surface area contributed by atoms with Crippen LogP contribution in [-0.4, -0.2) is 62.0 Å². The number of piperidine rings is 1. The van der Waals surface area contributed by atoms with Gasteiger partial charge in [0.25, 0.3) is 0 Å². The number of anilines is 2. The van der Waals surface area contributed by atoms with Crippen molar-refractivity contribution in [1.29, 1.82) is 0 Å². The third-order valence-corrected chi connectivity index (χ3v) is 9.85. The number of hydrogen-bond donors (Lipinski definition) is 2. The molecule has 7 nitrogen and oxygen atoms in total. The highest BCUT2D eigenvalue weighted by Crippen LogP contribution is 2.44. The molecular formula is C39H44N4O3. The van der Waals surface area contributed by atoms with Crippen molar-refractivity contribution in [1.82, 2.24) is 9.80 Å². The van der Waals surface area contributed by atoms with Gasteiger partial charge < -0.3 is 25.2 Å². The van der Waals surface area contributed by atoms with E-state index in [4.69, 9.17) is 4.74 Å². The molecule has 4 aromatic rings. The molecule has 0 saturated carbocycles. The van der Waals surface area contributed by atoms with Crippen LogP contribution in [0.5, 0.6) is 0 Å². The molecule has 2 aliphatic heterocycles. The van der Waals surface area contributed by atoms with E-state index in [2.05, 4.69) is 34.5 Å². The Labute approximate surface area is 272 Å². The molecule has 4 aromatic carbocycles. The van der Waals surface area contributed by atoms with E-state index in [1.54, 1.807) is 0 Å². The molecule has 2 N–H and O–H groups in total. The SMILES string of the molecule is CN1CCC(C(Nc2ccccc2)(C(=O)OC(=O)C(Nc2ccccc2)(c2ccccc2)C2CCN(C)C2)c2ccccc2)CC1. The topological polar surface area (TPSA) is 73.9 Å². The lowest BCUT2D eigenvalue weighted by Crippen LogP contribution is -2.57. The highest BCUT2D eigenvalue weighted by atomic mass is 16.6. The van der Waals surface area contributed by atoms with Crippen LogP contribution in [0.25, 0.3) is 0 Å². The Kier molecular flexibility index (Phi) is 9.52. The van der Waals surface area contributed by atoms with Gasteiger partial charge in [0.05, 0.1) is 0 Å². The molecule has 2 aliphatic rings. The summed E-state index contributed by atoms with van der Waals surface area (Å²) in [4.78, 5) is 34.7. The zero-order valence-electron chi connectivity index (χ0n) is 26.8. The predicted octanol–water partition coefficient (Wildman–Crippen LogP) is 6.36. The largest absolute Gasteiger partial charge is 0.389 e. The number of hydrogen-bond acceptors (Lipinski definition) is 7. The Hall–Kier alpha value is -4.46. The molecule has 3 unspecified atom stereocenters. The van der Waals surface area contributed by atoms with Crippen molar-refractivity contribution in [2.75, 3.05) is 50.9 Å². The number of nitrogens with one attached hydrogen (secondary N) is 2. The Morgan fingerprint density at radius 2 is 0.935 bits per heavy atom. The van der Waals surface area contributed by atoms with E-state index in [1.807, 2.05) is 121 Å². The van der Waals surface area contributed by atoms with Gasteiger partial charge in [0.2, 0.25) is 0 Å². The normalized spacial score (nSPS) is 20.3. The molecule has 2 saturated heterocycles. The van der Waals surface area contributed by atoms with E-state index < -0.39 is 23.0 Å². The van der Waals surface area contributed by atoms with Gasteiger partial charge in [-0.25, -0.2) is 9.59 Å². The highest BCUT2D eigenvalue weighted by molar-refractivity contribution is 5.99. The lowest BCUT2D eigenvalue weighted by atomic mass is 9.72. The van der Waals surface area contributed by atoms with Gasteiger partial charge in [-0.3, -0.25) is 0 Å². The number of rotatable bonds is 10. The van der Waals surface area contributed by atoms with Gasteiger partial charge in [-0.15, -0.1) is 0 Å². The monoisotopic (exact) mass is 616 g/mol. The molecule has 0 aromatic heterocycles. The van der Waals surface area contributed by atoms with Crippen LogP contribution in [0.1, 0.15) is 30.4 Å². The summed E-state index contributed by atoms with van der Waals surface area (Å²) in [7, 11) is 4.17. The fourth-order valence-corrected chi connectivity index (χ4v) is 7.37. The van der Waals surface area contributed by atoms with Crippen LogP contribution in [0.3, 0.4) is 0 Å². The summed E-state index contributed by atoms with van der Waals surface area (Å²) in [6, 6.07) is 39.0. The van der Waals surface area contributed by atoms with Crippen LogP contribution in [0, 0.1) is 11.8 Å². The number of nitrogens with zero attached hydrogens (tertiary/aromatic N) is 2. The lowest BCUT2D eigenvalue weighted by molar-refractivity contribution is -0.170. The van der Waals surface area contributed by atoms with Gasteiger partial charge in [-0.2, -0.15) is 0 Å². The molecule has 0 amide bonds. The third-order valence-electron chi connectivity index (χ3n) is 9.85.